The second-order valence-electron chi connectivity index (χ2n) is 5.87. The first kappa shape index (κ1) is 16.9. The Hall–Kier alpha value is -1.43. The third kappa shape index (κ3) is 4.80. The standard InChI is InChI=1S/C17H26N2O3/c1-12(18)17(20)19-13(2)16(14-6-4-3-5-7-14)22-15-8-10-21-11-9-15/h3-7,12-13,15-16H,8-11,18H2,1-2H3,(H,19,20). The summed E-state index contributed by atoms with van der Waals surface area (Å²) in [6, 6.07) is 9.31. The minimum absolute atomic E-state index is 0.149. The molecular formula is C17H26N2O3. The van der Waals surface area contributed by atoms with Crippen LogP contribution in [-0.2, 0) is 14.3 Å². The molecule has 1 aromatic carbocycles. The number of nitrogens with one attached hydrogen (secondary N) is 1. The Morgan fingerprint density at radius 3 is 2.50 bits per heavy atom. The fourth-order valence-corrected chi connectivity index (χ4v) is 2.58. The van der Waals surface area contributed by atoms with Crippen molar-refractivity contribution < 1.29 is 14.3 Å². The molecule has 0 spiro atoms. The second-order valence-corrected chi connectivity index (χ2v) is 5.87. The maximum atomic E-state index is 11.9. The van der Waals surface area contributed by atoms with Gasteiger partial charge in [-0.25, -0.2) is 0 Å². The van der Waals surface area contributed by atoms with Crippen molar-refractivity contribution in [3.8, 4) is 0 Å². The molecule has 0 aromatic heterocycles. The quantitative estimate of drug-likeness (QED) is 0.840. The van der Waals surface area contributed by atoms with E-state index in [4.69, 9.17) is 15.2 Å². The first-order valence-electron chi connectivity index (χ1n) is 7.92. The zero-order valence-electron chi connectivity index (χ0n) is 13.3. The van der Waals surface area contributed by atoms with E-state index in [0.717, 1.165) is 31.6 Å². The van der Waals surface area contributed by atoms with Crippen LogP contribution in [0.15, 0.2) is 30.3 Å². The fraction of sp³-hybridized carbons (Fsp3) is 0.588. The zero-order valence-corrected chi connectivity index (χ0v) is 13.3. The van der Waals surface area contributed by atoms with Gasteiger partial charge in [0.1, 0.15) is 6.10 Å². The molecular weight excluding hydrogens is 280 g/mol. The van der Waals surface area contributed by atoms with Crippen LogP contribution >= 0.6 is 0 Å². The first-order chi connectivity index (χ1) is 10.6. The molecule has 5 heteroatoms. The van der Waals surface area contributed by atoms with Gasteiger partial charge in [0.15, 0.2) is 0 Å². The van der Waals surface area contributed by atoms with Crippen molar-refractivity contribution in [1.29, 1.82) is 0 Å². The molecule has 0 saturated carbocycles. The van der Waals surface area contributed by atoms with Gasteiger partial charge in [0, 0.05) is 13.2 Å². The molecule has 1 saturated heterocycles. The molecule has 2 rings (SSSR count). The lowest BCUT2D eigenvalue weighted by Gasteiger charge is -2.32. The van der Waals surface area contributed by atoms with Crippen molar-refractivity contribution in [2.75, 3.05) is 13.2 Å². The summed E-state index contributed by atoms with van der Waals surface area (Å²) in [5, 5.41) is 2.95. The highest BCUT2D eigenvalue weighted by Gasteiger charge is 2.27. The molecule has 3 unspecified atom stereocenters. The molecule has 1 fully saturated rings. The summed E-state index contributed by atoms with van der Waals surface area (Å²) >= 11 is 0. The average molecular weight is 306 g/mol. The smallest absolute Gasteiger partial charge is 0.236 e. The van der Waals surface area contributed by atoms with E-state index in [2.05, 4.69) is 5.32 Å². The second kappa shape index (κ2) is 8.27. The van der Waals surface area contributed by atoms with E-state index in [0.29, 0.717) is 0 Å². The monoisotopic (exact) mass is 306 g/mol. The Balaban J connectivity index is 2.08. The lowest BCUT2D eigenvalue weighted by Crippen LogP contribution is -2.46. The Labute approximate surface area is 132 Å². The van der Waals surface area contributed by atoms with Crippen LogP contribution in [0, 0.1) is 0 Å². The van der Waals surface area contributed by atoms with Gasteiger partial charge in [0.05, 0.1) is 18.2 Å². The van der Waals surface area contributed by atoms with E-state index >= 15 is 0 Å². The summed E-state index contributed by atoms with van der Waals surface area (Å²) in [7, 11) is 0. The third-order valence-electron chi connectivity index (χ3n) is 3.87. The summed E-state index contributed by atoms with van der Waals surface area (Å²) in [6.07, 6.45) is 1.75. The highest BCUT2D eigenvalue weighted by Crippen LogP contribution is 2.26. The van der Waals surface area contributed by atoms with E-state index in [-0.39, 0.29) is 24.2 Å². The number of nitrogens with two attached hydrogens (primary N) is 1. The molecule has 1 amide bonds. The maximum Gasteiger partial charge on any atom is 0.236 e. The van der Waals surface area contributed by atoms with E-state index in [1.54, 1.807) is 6.92 Å². The molecule has 1 aromatic rings. The summed E-state index contributed by atoms with van der Waals surface area (Å²) in [5.74, 6) is -0.163. The van der Waals surface area contributed by atoms with Crippen LogP contribution in [0.1, 0.15) is 38.4 Å². The number of hydrogen-bond donors (Lipinski definition) is 2. The van der Waals surface area contributed by atoms with Crippen molar-refractivity contribution in [1.82, 2.24) is 5.32 Å². The summed E-state index contributed by atoms with van der Waals surface area (Å²) in [5.41, 5.74) is 6.70. The number of amides is 1. The van der Waals surface area contributed by atoms with E-state index in [1.165, 1.54) is 0 Å². The number of hydrogen-bond acceptors (Lipinski definition) is 4. The van der Waals surface area contributed by atoms with Crippen LogP contribution in [0.25, 0.3) is 0 Å². The van der Waals surface area contributed by atoms with Gasteiger partial charge in [-0.3, -0.25) is 4.79 Å². The predicted molar refractivity (Wildman–Crippen MR) is 85.4 cm³/mol. The van der Waals surface area contributed by atoms with Gasteiger partial charge < -0.3 is 20.5 Å². The van der Waals surface area contributed by atoms with Gasteiger partial charge in [-0.15, -0.1) is 0 Å². The van der Waals surface area contributed by atoms with Gasteiger partial charge in [-0.05, 0) is 32.3 Å². The minimum atomic E-state index is -0.526. The number of benzene rings is 1. The maximum absolute atomic E-state index is 11.9. The summed E-state index contributed by atoms with van der Waals surface area (Å²) in [4.78, 5) is 11.9. The number of carbonyl (C=O) groups is 1. The van der Waals surface area contributed by atoms with E-state index < -0.39 is 6.04 Å². The van der Waals surface area contributed by atoms with Crippen molar-refractivity contribution in [2.24, 2.45) is 5.73 Å². The normalized spacial score (nSPS) is 20.1. The molecule has 0 radical (unpaired) electrons. The highest BCUT2D eigenvalue weighted by molar-refractivity contribution is 5.81. The van der Waals surface area contributed by atoms with Crippen molar-refractivity contribution in [3.05, 3.63) is 35.9 Å². The molecule has 0 bridgehead atoms. The summed E-state index contributed by atoms with van der Waals surface area (Å²) < 4.78 is 11.7. The Morgan fingerprint density at radius 2 is 1.91 bits per heavy atom. The molecule has 1 aliphatic rings. The zero-order chi connectivity index (χ0) is 15.9. The molecule has 22 heavy (non-hydrogen) atoms. The Kier molecular flexibility index (Phi) is 6.36. The lowest BCUT2D eigenvalue weighted by molar-refractivity contribution is -0.125. The van der Waals surface area contributed by atoms with Crippen LogP contribution in [-0.4, -0.2) is 37.3 Å². The van der Waals surface area contributed by atoms with Crippen LogP contribution in [0.4, 0.5) is 0 Å². The topological polar surface area (TPSA) is 73.6 Å². The molecule has 122 valence electrons. The van der Waals surface area contributed by atoms with Crippen molar-refractivity contribution in [3.63, 3.8) is 0 Å². The van der Waals surface area contributed by atoms with Gasteiger partial charge >= 0.3 is 0 Å². The van der Waals surface area contributed by atoms with Crippen LogP contribution in [0.5, 0.6) is 0 Å². The third-order valence-corrected chi connectivity index (χ3v) is 3.87. The van der Waals surface area contributed by atoms with Gasteiger partial charge in [0.2, 0.25) is 5.91 Å². The summed E-state index contributed by atoms with van der Waals surface area (Å²) in [6.45, 7) is 5.09. The molecule has 3 N–H and O–H groups in total. The number of rotatable bonds is 6. The predicted octanol–water partition coefficient (Wildman–Crippen LogP) is 1.78. The van der Waals surface area contributed by atoms with E-state index in [1.807, 2.05) is 37.3 Å². The van der Waals surface area contributed by atoms with Gasteiger partial charge in [-0.1, -0.05) is 30.3 Å². The SMILES string of the molecule is CC(N)C(=O)NC(C)C(OC1CCOCC1)c1ccccc1. The molecule has 1 heterocycles. The largest absolute Gasteiger partial charge is 0.381 e. The van der Waals surface area contributed by atoms with Crippen LogP contribution in [0.2, 0.25) is 0 Å². The van der Waals surface area contributed by atoms with E-state index in [9.17, 15) is 4.79 Å². The molecule has 5 nitrogen and oxygen atoms in total. The minimum Gasteiger partial charge on any atom is -0.381 e. The molecule has 0 aliphatic carbocycles. The highest BCUT2D eigenvalue weighted by atomic mass is 16.5. The van der Waals surface area contributed by atoms with Gasteiger partial charge in [0.25, 0.3) is 0 Å². The van der Waals surface area contributed by atoms with Crippen molar-refractivity contribution >= 4 is 5.91 Å². The van der Waals surface area contributed by atoms with Crippen molar-refractivity contribution in [2.45, 2.75) is 51.0 Å². The Morgan fingerprint density at radius 1 is 1.27 bits per heavy atom. The van der Waals surface area contributed by atoms with Crippen LogP contribution < -0.4 is 11.1 Å². The number of ether oxygens (including phenoxy) is 2. The molecule has 1 aliphatic heterocycles. The fourth-order valence-electron chi connectivity index (χ4n) is 2.58. The average Bonchev–Trinajstić information content (AvgIpc) is 2.54. The van der Waals surface area contributed by atoms with Gasteiger partial charge in [-0.2, -0.15) is 0 Å². The molecule has 3 atom stereocenters. The number of carbonyl (C=O) groups excluding carboxylic acids is 1. The lowest BCUT2D eigenvalue weighted by atomic mass is 10.0. The van der Waals surface area contributed by atoms with Crippen LogP contribution in [0.3, 0.4) is 0 Å². The first-order valence-corrected chi connectivity index (χ1v) is 7.92. The Bertz CT molecular complexity index is 458.